The van der Waals surface area contributed by atoms with Gasteiger partial charge in [-0.15, -0.1) is 11.3 Å². The zero-order valence-corrected chi connectivity index (χ0v) is 12.6. The number of nitrogens with two attached hydrogens (primary N) is 1. The fourth-order valence-electron chi connectivity index (χ4n) is 5.40. The van der Waals surface area contributed by atoms with Gasteiger partial charge in [0.2, 0.25) is 0 Å². The lowest BCUT2D eigenvalue weighted by atomic mass is 9.50. The molecule has 4 saturated carbocycles. The number of nitrogens with one attached hydrogen (secondary N) is 1. The standard InChI is InChI=1S/C15H21ClN2S/c16-12-1-2-19-15(12)14(18-17)13-10-4-8-3-9(6-10)7-11(13)5-8/h1-2,8-11,13-14,18H,3-7,17H2. The quantitative estimate of drug-likeness (QED) is 0.654. The third-order valence-corrected chi connectivity index (χ3v) is 7.23. The third kappa shape index (κ3) is 1.98. The summed E-state index contributed by atoms with van der Waals surface area (Å²) < 4.78 is 0. The topological polar surface area (TPSA) is 38.0 Å². The molecule has 4 fully saturated rings. The highest BCUT2D eigenvalue weighted by atomic mass is 35.5. The van der Waals surface area contributed by atoms with Gasteiger partial charge in [0.1, 0.15) is 0 Å². The molecular formula is C15H21ClN2S. The van der Waals surface area contributed by atoms with Crippen molar-refractivity contribution in [2.45, 2.75) is 38.1 Å². The molecule has 0 amide bonds. The molecule has 1 heterocycles. The van der Waals surface area contributed by atoms with E-state index in [9.17, 15) is 0 Å². The summed E-state index contributed by atoms with van der Waals surface area (Å²) in [5.41, 5.74) is 3.10. The molecular weight excluding hydrogens is 276 g/mol. The molecule has 1 unspecified atom stereocenters. The Balaban J connectivity index is 1.66. The van der Waals surface area contributed by atoms with E-state index in [1.54, 1.807) is 11.3 Å². The number of thiophene rings is 1. The van der Waals surface area contributed by atoms with Crippen LogP contribution in [0.25, 0.3) is 0 Å². The Labute approximate surface area is 123 Å². The van der Waals surface area contributed by atoms with Crippen LogP contribution < -0.4 is 11.3 Å². The molecule has 104 valence electrons. The first kappa shape index (κ1) is 12.6. The van der Waals surface area contributed by atoms with E-state index in [4.69, 9.17) is 17.4 Å². The molecule has 4 aliphatic carbocycles. The highest BCUT2D eigenvalue weighted by Gasteiger charge is 2.51. The number of rotatable bonds is 3. The first-order valence-electron chi connectivity index (χ1n) is 7.45. The molecule has 19 heavy (non-hydrogen) atoms. The Hall–Kier alpha value is -0.0900. The SMILES string of the molecule is NNC(c1sccc1Cl)C1C2CC3CC(C2)CC1C3. The van der Waals surface area contributed by atoms with Crippen LogP contribution in [-0.4, -0.2) is 0 Å². The highest BCUT2D eigenvalue weighted by molar-refractivity contribution is 7.10. The Bertz CT molecular complexity index is 444. The van der Waals surface area contributed by atoms with E-state index in [-0.39, 0.29) is 6.04 Å². The van der Waals surface area contributed by atoms with E-state index >= 15 is 0 Å². The summed E-state index contributed by atoms with van der Waals surface area (Å²) in [6.07, 6.45) is 7.22. The van der Waals surface area contributed by atoms with E-state index in [1.165, 1.54) is 37.0 Å². The molecule has 1 aromatic heterocycles. The van der Waals surface area contributed by atoms with Gasteiger partial charge >= 0.3 is 0 Å². The minimum absolute atomic E-state index is 0.266. The Kier molecular flexibility index (Phi) is 3.14. The van der Waals surface area contributed by atoms with Crippen LogP contribution in [0.2, 0.25) is 5.02 Å². The number of hydrogen-bond acceptors (Lipinski definition) is 3. The first-order valence-corrected chi connectivity index (χ1v) is 8.71. The second kappa shape index (κ2) is 4.73. The average molecular weight is 297 g/mol. The number of halogens is 1. The van der Waals surface area contributed by atoms with Crippen LogP contribution >= 0.6 is 22.9 Å². The molecule has 3 N–H and O–H groups in total. The lowest BCUT2D eigenvalue weighted by Crippen LogP contribution is -2.50. The van der Waals surface area contributed by atoms with Gasteiger partial charge in [-0.2, -0.15) is 0 Å². The van der Waals surface area contributed by atoms with Gasteiger partial charge in [0, 0.05) is 4.88 Å². The van der Waals surface area contributed by atoms with Gasteiger partial charge in [-0.05, 0) is 73.1 Å². The summed E-state index contributed by atoms with van der Waals surface area (Å²) in [5.74, 6) is 10.4. The van der Waals surface area contributed by atoms with Gasteiger partial charge < -0.3 is 0 Å². The van der Waals surface area contributed by atoms with Crippen LogP contribution in [0.3, 0.4) is 0 Å². The molecule has 5 rings (SSSR count). The Morgan fingerprint density at radius 1 is 1.16 bits per heavy atom. The van der Waals surface area contributed by atoms with Crippen molar-refractivity contribution in [1.29, 1.82) is 0 Å². The van der Waals surface area contributed by atoms with E-state index in [1.807, 2.05) is 6.07 Å². The smallest absolute Gasteiger partial charge is 0.0601 e. The molecule has 0 saturated heterocycles. The minimum atomic E-state index is 0.266. The molecule has 1 atom stereocenters. The van der Waals surface area contributed by atoms with Crippen molar-refractivity contribution < 1.29 is 0 Å². The fourth-order valence-corrected chi connectivity index (χ4v) is 6.69. The lowest BCUT2D eigenvalue weighted by Gasteiger charge is -2.56. The van der Waals surface area contributed by atoms with Crippen molar-refractivity contribution in [3.8, 4) is 0 Å². The maximum Gasteiger partial charge on any atom is 0.0601 e. The number of hydrogen-bond donors (Lipinski definition) is 2. The average Bonchev–Trinajstić information content (AvgIpc) is 2.79. The van der Waals surface area contributed by atoms with Crippen LogP contribution in [0.15, 0.2) is 11.4 Å². The number of hydrazine groups is 1. The molecule has 4 heteroatoms. The van der Waals surface area contributed by atoms with Crippen LogP contribution in [0, 0.1) is 29.6 Å². The summed E-state index contributed by atoms with van der Waals surface area (Å²) in [4.78, 5) is 1.25. The molecule has 0 aromatic carbocycles. The van der Waals surface area contributed by atoms with Crippen LogP contribution in [0.4, 0.5) is 0 Å². The summed E-state index contributed by atoms with van der Waals surface area (Å²) in [5, 5.41) is 2.97. The monoisotopic (exact) mass is 296 g/mol. The van der Waals surface area contributed by atoms with Gasteiger partial charge in [-0.3, -0.25) is 11.3 Å². The molecule has 0 aliphatic heterocycles. The molecule has 4 aliphatic rings. The van der Waals surface area contributed by atoms with E-state index < -0.39 is 0 Å². The van der Waals surface area contributed by atoms with Crippen LogP contribution in [-0.2, 0) is 0 Å². The van der Waals surface area contributed by atoms with Crippen molar-refractivity contribution in [2.24, 2.45) is 35.4 Å². The zero-order valence-electron chi connectivity index (χ0n) is 11.0. The maximum absolute atomic E-state index is 6.34. The molecule has 0 radical (unpaired) electrons. The Morgan fingerprint density at radius 2 is 1.79 bits per heavy atom. The Morgan fingerprint density at radius 3 is 2.26 bits per heavy atom. The summed E-state index contributed by atoms with van der Waals surface area (Å²) >= 11 is 8.09. The highest BCUT2D eigenvalue weighted by Crippen LogP contribution is 2.59. The van der Waals surface area contributed by atoms with Crippen LogP contribution in [0.5, 0.6) is 0 Å². The summed E-state index contributed by atoms with van der Waals surface area (Å²) in [6, 6.07) is 2.27. The van der Waals surface area contributed by atoms with Gasteiger partial charge in [-0.1, -0.05) is 11.6 Å². The summed E-state index contributed by atoms with van der Waals surface area (Å²) in [6.45, 7) is 0. The van der Waals surface area contributed by atoms with Crippen molar-refractivity contribution in [3.63, 3.8) is 0 Å². The maximum atomic E-state index is 6.34. The van der Waals surface area contributed by atoms with E-state index in [0.29, 0.717) is 5.92 Å². The van der Waals surface area contributed by atoms with Crippen molar-refractivity contribution >= 4 is 22.9 Å². The predicted molar refractivity (Wildman–Crippen MR) is 79.9 cm³/mol. The molecule has 2 nitrogen and oxygen atoms in total. The van der Waals surface area contributed by atoms with Gasteiger partial charge in [0.25, 0.3) is 0 Å². The second-order valence-electron chi connectivity index (χ2n) is 6.79. The lowest BCUT2D eigenvalue weighted by molar-refractivity contribution is -0.0520. The van der Waals surface area contributed by atoms with E-state index in [2.05, 4.69) is 10.8 Å². The van der Waals surface area contributed by atoms with Gasteiger partial charge in [0.15, 0.2) is 0 Å². The second-order valence-corrected chi connectivity index (χ2v) is 8.14. The summed E-state index contributed by atoms with van der Waals surface area (Å²) in [7, 11) is 0. The minimum Gasteiger partial charge on any atom is -0.271 e. The fraction of sp³-hybridized carbons (Fsp3) is 0.733. The van der Waals surface area contributed by atoms with Crippen molar-refractivity contribution in [1.82, 2.24) is 5.43 Å². The van der Waals surface area contributed by atoms with Crippen LogP contribution in [0.1, 0.15) is 43.0 Å². The largest absolute Gasteiger partial charge is 0.271 e. The predicted octanol–water partition coefficient (Wildman–Crippen LogP) is 3.98. The molecule has 4 bridgehead atoms. The normalized spacial score (nSPS) is 41.7. The zero-order chi connectivity index (χ0) is 13.0. The van der Waals surface area contributed by atoms with Crippen molar-refractivity contribution in [2.75, 3.05) is 0 Å². The molecule has 0 spiro atoms. The van der Waals surface area contributed by atoms with E-state index in [0.717, 1.165) is 28.7 Å². The third-order valence-electron chi connectivity index (χ3n) is 5.79. The van der Waals surface area contributed by atoms with Crippen molar-refractivity contribution in [3.05, 3.63) is 21.3 Å². The first-order chi connectivity index (χ1) is 9.26. The molecule has 1 aromatic rings. The van der Waals surface area contributed by atoms with Gasteiger partial charge in [-0.25, -0.2) is 0 Å². The van der Waals surface area contributed by atoms with Gasteiger partial charge in [0.05, 0.1) is 11.1 Å².